The van der Waals surface area contributed by atoms with E-state index in [1.807, 2.05) is 13.8 Å². The van der Waals surface area contributed by atoms with E-state index in [4.69, 9.17) is 28.2 Å². The molecule has 4 rings (SSSR count). The first-order chi connectivity index (χ1) is 18.9. The van der Waals surface area contributed by atoms with Crippen molar-refractivity contribution in [3.8, 4) is 5.69 Å². The highest BCUT2D eigenvalue weighted by atomic mass is 35.5. The number of halogens is 4. The van der Waals surface area contributed by atoms with Gasteiger partial charge in [-0.05, 0) is 69.2 Å². The molecule has 0 saturated carbocycles. The molecule has 1 aliphatic carbocycles. The standard InChI is InChI=1S/C30H31Cl2F2N2O4S/c1-28(2,26-22(31)8-7-9-23(26)32)27-35-25(29(3,4)37)16-36(27)20-12-10-18(11-13-20)19-14-24(41(6,38)39)21(17-40-5)30(33,34)15-19/h7-14,16,37H,5,15,17H2,1-4,6H3. The summed E-state index contributed by atoms with van der Waals surface area (Å²) in [5.74, 6) is -2.89. The Bertz CT molecular complexity index is 1630. The third-order valence-electron chi connectivity index (χ3n) is 7.10. The lowest BCUT2D eigenvalue weighted by Gasteiger charge is -2.28. The molecule has 11 heteroatoms. The van der Waals surface area contributed by atoms with Crippen LogP contribution < -0.4 is 0 Å². The van der Waals surface area contributed by atoms with E-state index in [2.05, 4.69) is 11.8 Å². The second-order valence-electron chi connectivity index (χ2n) is 11.2. The Hall–Kier alpha value is -2.56. The molecule has 0 unspecified atom stereocenters. The van der Waals surface area contributed by atoms with Gasteiger partial charge in [0.1, 0.15) is 11.4 Å². The van der Waals surface area contributed by atoms with Crippen LogP contribution in [0.5, 0.6) is 0 Å². The highest BCUT2D eigenvalue weighted by molar-refractivity contribution is 7.94. The fraction of sp³-hybridized carbons (Fsp3) is 0.333. The molecule has 1 heterocycles. The average molecular weight is 625 g/mol. The first-order valence-electron chi connectivity index (χ1n) is 12.6. The molecule has 0 fully saturated rings. The Morgan fingerprint density at radius 3 is 2.20 bits per heavy atom. The molecule has 0 saturated heterocycles. The van der Waals surface area contributed by atoms with Gasteiger partial charge in [0.15, 0.2) is 9.84 Å². The number of ether oxygens (including phenoxy) is 1. The highest BCUT2D eigenvalue weighted by Crippen LogP contribution is 2.44. The van der Waals surface area contributed by atoms with Gasteiger partial charge in [0, 0.05) is 45.7 Å². The fourth-order valence-electron chi connectivity index (χ4n) is 4.97. The largest absolute Gasteiger partial charge is 0.384 e. The zero-order valence-corrected chi connectivity index (χ0v) is 25.6. The van der Waals surface area contributed by atoms with Crippen LogP contribution in [0.15, 0.2) is 65.2 Å². The number of hydrogen-bond acceptors (Lipinski definition) is 5. The molecule has 0 amide bonds. The fourth-order valence-corrected chi connectivity index (χ4v) is 6.86. The molecule has 1 N–H and O–H groups in total. The Kier molecular flexibility index (Phi) is 8.37. The van der Waals surface area contributed by atoms with Crippen molar-refractivity contribution >= 4 is 38.6 Å². The molecular formula is C30H31Cl2F2N2O4S. The lowest BCUT2D eigenvalue weighted by Crippen LogP contribution is -2.29. The number of alkyl halides is 2. The smallest absolute Gasteiger partial charge is 0.277 e. The van der Waals surface area contributed by atoms with Crippen molar-refractivity contribution in [1.82, 2.24) is 9.55 Å². The zero-order chi connectivity index (χ0) is 30.5. The van der Waals surface area contributed by atoms with E-state index in [-0.39, 0.29) is 5.57 Å². The van der Waals surface area contributed by atoms with Crippen molar-refractivity contribution in [2.24, 2.45) is 0 Å². The van der Waals surface area contributed by atoms with Gasteiger partial charge < -0.3 is 14.4 Å². The number of hydrogen-bond donors (Lipinski definition) is 1. The molecule has 1 radical (unpaired) electrons. The molecule has 219 valence electrons. The molecule has 3 aromatic rings. The molecule has 0 atom stereocenters. The van der Waals surface area contributed by atoms with E-state index < -0.39 is 50.3 Å². The minimum absolute atomic E-state index is 0.168. The van der Waals surface area contributed by atoms with E-state index in [1.165, 1.54) is 6.08 Å². The van der Waals surface area contributed by atoms with Crippen molar-refractivity contribution in [3.05, 3.63) is 105 Å². The second kappa shape index (κ2) is 10.9. The van der Waals surface area contributed by atoms with Crippen molar-refractivity contribution in [2.45, 2.75) is 51.1 Å². The number of benzene rings is 2. The zero-order valence-electron chi connectivity index (χ0n) is 23.3. The summed E-state index contributed by atoms with van der Waals surface area (Å²) in [4.78, 5) is 4.31. The molecule has 6 nitrogen and oxygen atoms in total. The van der Waals surface area contributed by atoms with E-state index in [0.717, 1.165) is 6.26 Å². The van der Waals surface area contributed by atoms with Crippen LogP contribution in [0, 0.1) is 7.11 Å². The molecule has 0 bridgehead atoms. The van der Waals surface area contributed by atoms with Gasteiger partial charge in [0.05, 0.1) is 29.7 Å². The maximum absolute atomic E-state index is 15.1. The number of nitrogens with zero attached hydrogens (tertiary/aromatic N) is 2. The van der Waals surface area contributed by atoms with Gasteiger partial charge in [-0.25, -0.2) is 22.2 Å². The first-order valence-corrected chi connectivity index (χ1v) is 15.3. The number of rotatable bonds is 8. The summed E-state index contributed by atoms with van der Waals surface area (Å²) in [5, 5.41) is 11.7. The van der Waals surface area contributed by atoms with Gasteiger partial charge in [-0.15, -0.1) is 0 Å². The van der Waals surface area contributed by atoms with Crippen LogP contribution >= 0.6 is 23.2 Å². The quantitative estimate of drug-likeness (QED) is 0.285. The van der Waals surface area contributed by atoms with E-state index >= 15 is 8.78 Å². The Morgan fingerprint density at radius 1 is 1.10 bits per heavy atom. The Balaban J connectivity index is 1.84. The van der Waals surface area contributed by atoms with Crippen LogP contribution in [-0.2, 0) is 25.6 Å². The number of aliphatic hydroxyl groups is 1. The molecule has 1 aromatic heterocycles. The number of sulfone groups is 1. The SMILES string of the molecule is [CH2]OCC1=C(S(C)(=O)=O)C=C(c2ccc(-n3cc(C(C)(C)O)nc3C(C)(C)c3c(Cl)cccc3Cl)cc2)CC1(F)F. The lowest BCUT2D eigenvalue weighted by atomic mass is 9.83. The first kappa shape index (κ1) is 31.4. The van der Waals surface area contributed by atoms with Gasteiger partial charge in [-0.2, -0.15) is 0 Å². The topological polar surface area (TPSA) is 81.4 Å². The second-order valence-corrected chi connectivity index (χ2v) is 14.0. The molecular weight excluding hydrogens is 593 g/mol. The van der Waals surface area contributed by atoms with Crippen LogP contribution in [-0.4, -0.2) is 41.9 Å². The number of aromatic nitrogens is 2. The minimum Gasteiger partial charge on any atom is -0.384 e. The molecule has 0 spiro atoms. The van der Waals surface area contributed by atoms with Crippen molar-refractivity contribution in [2.75, 3.05) is 12.9 Å². The predicted octanol–water partition coefficient (Wildman–Crippen LogP) is 7.26. The van der Waals surface area contributed by atoms with Gasteiger partial charge in [0.2, 0.25) is 0 Å². The van der Waals surface area contributed by atoms with Crippen molar-refractivity contribution in [1.29, 1.82) is 0 Å². The molecule has 1 aliphatic rings. The average Bonchev–Trinajstić information content (AvgIpc) is 3.31. The molecule has 41 heavy (non-hydrogen) atoms. The van der Waals surface area contributed by atoms with Crippen LogP contribution in [0.25, 0.3) is 11.3 Å². The maximum Gasteiger partial charge on any atom is 0.277 e. The highest BCUT2D eigenvalue weighted by Gasteiger charge is 2.42. The van der Waals surface area contributed by atoms with Crippen LogP contribution in [0.4, 0.5) is 8.78 Å². The summed E-state index contributed by atoms with van der Waals surface area (Å²) in [6.07, 6.45) is 3.17. The summed E-state index contributed by atoms with van der Waals surface area (Å²) in [7, 11) is -0.843. The summed E-state index contributed by atoms with van der Waals surface area (Å²) < 4.78 is 61.4. The van der Waals surface area contributed by atoms with Gasteiger partial charge in [0.25, 0.3) is 5.92 Å². The summed E-state index contributed by atoms with van der Waals surface area (Å²) in [6, 6.07) is 12.0. The van der Waals surface area contributed by atoms with Crippen LogP contribution in [0.2, 0.25) is 10.0 Å². The van der Waals surface area contributed by atoms with Gasteiger partial charge >= 0.3 is 0 Å². The molecule has 0 aliphatic heterocycles. The normalized spacial score (nSPS) is 16.2. The van der Waals surface area contributed by atoms with Crippen molar-refractivity contribution < 1.29 is 27.0 Å². The minimum atomic E-state index is -3.97. The van der Waals surface area contributed by atoms with Gasteiger partial charge in [-0.1, -0.05) is 41.4 Å². The number of imidazole rings is 1. The van der Waals surface area contributed by atoms with Gasteiger partial charge in [-0.3, -0.25) is 0 Å². The summed E-state index contributed by atoms with van der Waals surface area (Å²) in [5.41, 5.74) is -0.385. The van der Waals surface area contributed by atoms with E-state index in [9.17, 15) is 13.5 Å². The third kappa shape index (κ3) is 6.15. The maximum atomic E-state index is 15.1. The van der Waals surface area contributed by atoms with E-state index in [0.29, 0.717) is 38.4 Å². The summed E-state index contributed by atoms with van der Waals surface area (Å²) in [6.45, 7) is 6.48. The third-order valence-corrected chi connectivity index (χ3v) is 8.89. The molecule has 2 aromatic carbocycles. The van der Waals surface area contributed by atoms with E-state index in [1.54, 1.807) is 67.1 Å². The monoisotopic (exact) mass is 623 g/mol. The Morgan fingerprint density at radius 2 is 1.68 bits per heavy atom. The summed E-state index contributed by atoms with van der Waals surface area (Å²) >= 11 is 13.1. The Labute approximate surface area is 249 Å². The lowest BCUT2D eigenvalue weighted by molar-refractivity contribution is 0.0323. The number of allylic oxidation sites excluding steroid dienone is 2. The van der Waals surface area contributed by atoms with Crippen LogP contribution in [0.1, 0.15) is 56.8 Å². The predicted molar refractivity (Wildman–Crippen MR) is 158 cm³/mol. The van der Waals surface area contributed by atoms with Crippen molar-refractivity contribution in [3.63, 3.8) is 0 Å². The van der Waals surface area contributed by atoms with Crippen LogP contribution in [0.3, 0.4) is 0 Å².